The molecule has 2 aromatic carbocycles. The van der Waals surface area contributed by atoms with Gasteiger partial charge in [-0.1, -0.05) is 23.7 Å². The Kier molecular flexibility index (Phi) is 5.86. The van der Waals surface area contributed by atoms with Gasteiger partial charge in [-0.3, -0.25) is 4.79 Å². The molecule has 1 aliphatic rings. The minimum atomic E-state index is -0.583. The maximum Gasteiger partial charge on any atom is 0.319 e. The summed E-state index contributed by atoms with van der Waals surface area (Å²) in [5.41, 5.74) is 2.48. The zero-order valence-corrected chi connectivity index (χ0v) is 16.0. The number of amides is 3. The molecule has 0 radical (unpaired) electrons. The van der Waals surface area contributed by atoms with Crippen molar-refractivity contribution in [2.24, 2.45) is 0 Å². The van der Waals surface area contributed by atoms with E-state index in [1.165, 1.54) is 0 Å². The van der Waals surface area contributed by atoms with Gasteiger partial charge in [-0.15, -0.1) is 0 Å². The van der Waals surface area contributed by atoms with Gasteiger partial charge in [-0.25, -0.2) is 4.79 Å². The second-order valence-corrected chi connectivity index (χ2v) is 6.82. The van der Waals surface area contributed by atoms with E-state index in [0.717, 1.165) is 11.1 Å². The molecule has 0 aromatic heterocycles. The molecule has 3 rings (SSSR count). The normalized spacial score (nSPS) is 16.2. The summed E-state index contributed by atoms with van der Waals surface area (Å²) >= 11 is 5.94. The second kappa shape index (κ2) is 8.31. The molecule has 142 valence electrons. The number of carbonyl (C=O) groups is 2. The van der Waals surface area contributed by atoms with Gasteiger partial charge in [0.15, 0.2) is 6.10 Å². The highest BCUT2D eigenvalue weighted by molar-refractivity contribution is 6.30. The summed E-state index contributed by atoms with van der Waals surface area (Å²) in [7, 11) is 0. The molecule has 0 fully saturated rings. The zero-order valence-electron chi connectivity index (χ0n) is 15.3. The number of nitrogens with one attached hydrogen (secondary N) is 2. The lowest BCUT2D eigenvalue weighted by Crippen LogP contribution is -2.37. The van der Waals surface area contributed by atoms with E-state index in [4.69, 9.17) is 16.3 Å². The molecular weight excluding hydrogens is 366 g/mol. The fourth-order valence-corrected chi connectivity index (χ4v) is 3.08. The predicted octanol–water partition coefficient (Wildman–Crippen LogP) is 3.79. The number of rotatable bonds is 4. The van der Waals surface area contributed by atoms with Crippen LogP contribution < -0.4 is 15.4 Å². The molecule has 2 aromatic rings. The van der Waals surface area contributed by atoms with E-state index in [0.29, 0.717) is 36.1 Å². The number of fused-ring (bicyclic) bond motifs is 1. The molecular formula is C20H22ClN3O3. The smallest absolute Gasteiger partial charge is 0.319 e. The summed E-state index contributed by atoms with van der Waals surface area (Å²) in [6, 6.07) is 12.5. The van der Waals surface area contributed by atoms with Gasteiger partial charge >= 0.3 is 6.03 Å². The standard InChI is InChI=1S/C20H22ClN3O3/c1-3-22-20(26)23-17-8-9-18-15(10-17)12-24(19(25)13(2)27-18)11-14-4-6-16(21)7-5-14/h4-10,13H,3,11-12H2,1-2H3,(H2,22,23,26)/t13-/m0/s1. The van der Waals surface area contributed by atoms with Gasteiger partial charge in [-0.2, -0.15) is 0 Å². The van der Waals surface area contributed by atoms with Crippen molar-refractivity contribution in [1.82, 2.24) is 10.2 Å². The van der Waals surface area contributed by atoms with Gasteiger partial charge < -0.3 is 20.3 Å². The maximum atomic E-state index is 12.7. The van der Waals surface area contributed by atoms with Crippen molar-refractivity contribution < 1.29 is 14.3 Å². The Hall–Kier alpha value is -2.73. The third-order valence-electron chi connectivity index (χ3n) is 4.27. The number of urea groups is 1. The second-order valence-electron chi connectivity index (χ2n) is 6.39. The number of nitrogens with zero attached hydrogens (tertiary/aromatic N) is 1. The SMILES string of the molecule is CCNC(=O)Nc1ccc2c(c1)CN(Cc1ccc(Cl)cc1)C(=O)[C@H](C)O2. The highest BCUT2D eigenvalue weighted by Gasteiger charge is 2.28. The minimum absolute atomic E-state index is 0.0839. The van der Waals surface area contributed by atoms with Gasteiger partial charge in [-0.05, 0) is 49.7 Å². The van der Waals surface area contributed by atoms with Crippen molar-refractivity contribution in [3.05, 3.63) is 58.6 Å². The zero-order chi connectivity index (χ0) is 19.4. The van der Waals surface area contributed by atoms with Crippen LogP contribution in [0.3, 0.4) is 0 Å². The first-order valence-corrected chi connectivity index (χ1v) is 9.21. The molecule has 0 saturated carbocycles. The highest BCUT2D eigenvalue weighted by atomic mass is 35.5. The first-order valence-electron chi connectivity index (χ1n) is 8.84. The van der Waals surface area contributed by atoms with E-state index < -0.39 is 6.10 Å². The molecule has 7 heteroatoms. The Morgan fingerprint density at radius 1 is 1.26 bits per heavy atom. The molecule has 27 heavy (non-hydrogen) atoms. The molecule has 0 saturated heterocycles. The Balaban J connectivity index is 1.83. The van der Waals surface area contributed by atoms with Crippen molar-refractivity contribution in [2.75, 3.05) is 11.9 Å². The number of anilines is 1. The van der Waals surface area contributed by atoms with Crippen LogP contribution in [-0.4, -0.2) is 29.5 Å². The third kappa shape index (κ3) is 4.71. The molecule has 0 spiro atoms. The Bertz CT molecular complexity index is 839. The molecule has 0 aliphatic carbocycles. The molecule has 0 bridgehead atoms. The van der Waals surface area contributed by atoms with Crippen molar-refractivity contribution in [1.29, 1.82) is 0 Å². The van der Waals surface area contributed by atoms with Crippen LogP contribution in [0.2, 0.25) is 5.02 Å². The first kappa shape index (κ1) is 19.0. The van der Waals surface area contributed by atoms with E-state index in [9.17, 15) is 9.59 Å². The summed E-state index contributed by atoms with van der Waals surface area (Å²) in [6.45, 7) is 4.99. The lowest BCUT2D eigenvalue weighted by molar-refractivity contribution is -0.138. The quantitative estimate of drug-likeness (QED) is 0.838. The number of hydrogen-bond donors (Lipinski definition) is 2. The van der Waals surface area contributed by atoms with Crippen LogP contribution in [-0.2, 0) is 17.9 Å². The summed E-state index contributed by atoms with van der Waals surface area (Å²) < 4.78 is 5.82. The predicted molar refractivity (Wildman–Crippen MR) is 105 cm³/mol. The summed E-state index contributed by atoms with van der Waals surface area (Å²) in [4.78, 5) is 26.2. The molecule has 1 atom stereocenters. The largest absolute Gasteiger partial charge is 0.481 e. The van der Waals surface area contributed by atoms with Gasteiger partial charge in [0, 0.05) is 35.9 Å². The van der Waals surface area contributed by atoms with Crippen molar-refractivity contribution in [2.45, 2.75) is 33.0 Å². The lowest BCUT2D eigenvalue weighted by atomic mass is 10.1. The minimum Gasteiger partial charge on any atom is -0.481 e. The Labute approximate surface area is 163 Å². The van der Waals surface area contributed by atoms with E-state index in [2.05, 4.69) is 10.6 Å². The van der Waals surface area contributed by atoms with Crippen LogP contribution in [0, 0.1) is 0 Å². The number of hydrogen-bond acceptors (Lipinski definition) is 3. The number of halogens is 1. The van der Waals surface area contributed by atoms with Crippen LogP contribution in [0.4, 0.5) is 10.5 Å². The molecule has 1 aliphatic heterocycles. The number of ether oxygens (including phenoxy) is 1. The topological polar surface area (TPSA) is 70.7 Å². The molecule has 0 unspecified atom stereocenters. The van der Waals surface area contributed by atoms with Crippen molar-refractivity contribution >= 4 is 29.2 Å². The molecule has 1 heterocycles. The van der Waals surface area contributed by atoms with Crippen LogP contribution in [0.25, 0.3) is 0 Å². The van der Waals surface area contributed by atoms with Crippen LogP contribution in [0.5, 0.6) is 5.75 Å². The van der Waals surface area contributed by atoms with Crippen molar-refractivity contribution in [3.8, 4) is 5.75 Å². The molecule has 2 N–H and O–H groups in total. The first-order chi connectivity index (χ1) is 13.0. The average Bonchev–Trinajstić information content (AvgIpc) is 2.74. The van der Waals surface area contributed by atoms with Crippen LogP contribution >= 0.6 is 11.6 Å². The van der Waals surface area contributed by atoms with Crippen molar-refractivity contribution in [3.63, 3.8) is 0 Å². The maximum absolute atomic E-state index is 12.7. The molecule has 6 nitrogen and oxygen atoms in total. The van der Waals surface area contributed by atoms with E-state index in [-0.39, 0.29) is 11.9 Å². The Morgan fingerprint density at radius 3 is 2.70 bits per heavy atom. The fraction of sp³-hybridized carbons (Fsp3) is 0.300. The van der Waals surface area contributed by atoms with Gasteiger partial charge in [0.1, 0.15) is 5.75 Å². The lowest BCUT2D eigenvalue weighted by Gasteiger charge is -2.22. The van der Waals surface area contributed by atoms with E-state index >= 15 is 0 Å². The van der Waals surface area contributed by atoms with E-state index in [1.807, 2.05) is 25.1 Å². The Morgan fingerprint density at radius 2 is 2.00 bits per heavy atom. The summed E-state index contributed by atoms with van der Waals surface area (Å²) in [6.07, 6.45) is -0.583. The van der Waals surface area contributed by atoms with Crippen LogP contribution in [0.15, 0.2) is 42.5 Å². The average molecular weight is 388 g/mol. The van der Waals surface area contributed by atoms with E-state index in [1.54, 1.807) is 36.1 Å². The fourth-order valence-electron chi connectivity index (χ4n) is 2.96. The van der Waals surface area contributed by atoms with Gasteiger partial charge in [0.2, 0.25) is 0 Å². The third-order valence-corrected chi connectivity index (χ3v) is 4.52. The summed E-state index contributed by atoms with van der Waals surface area (Å²) in [5.74, 6) is 0.565. The van der Waals surface area contributed by atoms with Gasteiger partial charge in [0.05, 0.1) is 0 Å². The summed E-state index contributed by atoms with van der Waals surface area (Å²) in [5, 5.41) is 6.13. The number of benzene rings is 2. The monoisotopic (exact) mass is 387 g/mol. The highest BCUT2D eigenvalue weighted by Crippen LogP contribution is 2.29. The number of carbonyl (C=O) groups excluding carboxylic acids is 2. The van der Waals surface area contributed by atoms with Gasteiger partial charge in [0.25, 0.3) is 5.91 Å². The molecule has 3 amide bonds. The van der Waals surface area contributed by atoms with Crippen LogP contribution in [0.1, 0.15) is 25.0 Å².